The first-order valence-corrected chi connectivity index (χ1v) is 7.49. The van der Waals surface area contributed by atoms with E-state index < -0.39 is 11.7 Å². The summed E-state index contributed by atoms with van der Waals surface area (Å²) >= 11 is 0. The number of anilines is 2. The van der Waals surface area contributed by atoms with Crippen LogP contribution in [0.2, 0.25) is 0 Å². The van der Waals surface area contributed by atoms with E-state index in [1.807, 2.05) is 0 Å². The van der Waals surface area contributed by atoms with E-state index in [9.17, 15) is 18.8 Å². The van der Waals surface area contributed by atoms with Gasteiger partial charge in [0.25, 0.3) is 5.91 Å². The SMILES string of the molecule is Cc1ccc(NC(=O)c2cccc(N3C(=O)CCC3=O)c2)c(F)c1. The molecule has 0 unspecified atom stereocenters. The molecule has 122 valence electrons. The smallest absolute Gasteiger partial charge is 0.255 e. The summed E-state index contributed by atoms with van der Waals surface area (Å²) < 4.78 is 13.8. The molecule has 5 nitrogen and oxygen atoms in total. The van der Waals surface area contributed by atoms with Crippen molar-refractivity contribution >= 4 is 29.1 Å². The van der Waals surface area contributed by atoms with Gasteiger partial charge in [-0.3, -0.25) is 19.3 Å². The van der Waals surface area contributed by atoms with Crippen LogP contribution < -0.4 is 10.2 Å². The fourth-order valence-electron chi connectivity index (χ4n) is 2.57. The molecule has 2 aromatic rings. The Morgan fingerprint density at radius 3 is 2.46 bits per heavy atom. The summed E-state index contributed by atoms with van der Waals surface area (Å²) in [6.45, 7) is 1.75. The number of imide groups is 1. The predicted molar refractivity (Wildman–Crippen MR) is 87.3 cm³/mol. The second kappa shape index (κ2) is 6.23. The molecule has 24 heavy (non-hydrogen) atoms. The van der Waals surface area contributed by atoms with Crippen LogP contribution in [0.4, 0.5) is 15.8 Å². The Balaban J connectivity index is 1.84. The van der Waals surface area contributed by atoms with E-state index in [1.165, 1.54) is 24.3 Å². The van der Waals surface area contributed by atoms with E-state index in [1.54, 1.807) is 25.1 Å². The normalized spacial score (nSPS) is 14.2. The van der Waals surface area contributed by atoms with Crippen molar-refractivity contribution in [2.45, 2.75) is 19.8 Å². The van der Waals surface area contributed by atoms with E-state index >= 15 is 0 Å². The molecule has 0 radical (unpaired) electrons. The summed E-state index contributed by atoms with van der Waals surface area (Å²) in [7, 11) is 0. The highest BCUT2D eigenvalue weighted by molar-refractivity contribution is 6.20. The molecular weight excluding hydrogens is 311 g/mol. The number of carbonyl (C=O) groups excluding carboxylic acids is 3. The maximum absolute atomic E-state index is 13.8. The van der Waals surface area contributed by atoms with Crippen LogP contribution >= 0.6 is 0 Å². The zero-order chi connectivity index (χ0) is 17.3. The lowest BCUT2D eigenvalue weighted by Gasteiger charge is -2.15. The number of hydrogen-bond donors (Lipinski definition) is 1. The zero-order valence-electron chi connectivity index (χ0n) is 13.0. The van der Waals surface area contributed by atoms with Gasteiger partial charge >= 0.3 is 0 Å². The van der Waals surface area contributed by atoms with Gasteiger partial charge in [0, 0.05) is 18.4 Å². The lowest BCUT2D eigenvalue weighted by Crippen LogP contribution is -2.28. The van der Waals surface area contributed by atoms with Gasteiger partial charge in [-0.15, -0.1) is 0 Å². The number of hydrogen-bond acceptors (Lipinski definition) is 3. The van der Waals surface area contributed by atoms with E-state index in [0.717, 1.165) is 10.5 Å². The van der Waals surface area contributed by atoms with Crippen LogP contribution in [0.5, 0.6) is 0 Å². The van der Waals surface area contributed by atoms with Crippen LogP contribution in [0.3, 0.4) is 0 Å². The minimum absolute atomic E-state index is 0.0735. The lowest BCUT2D eigenvalue weighted by atomic mass is 10.1. The van der Waals surface area contributed by atoms with Crippen LogP contribution in [0, 0.1) is 12.7 Å². The van der Waals surface area contributed by atoms with Crippen LogP contribution in [-0.2, 0) is 9.59 Å². The second-order valence-corrected chi connectivity index (χ2v) is 5.61. The van der Waals surface area contributed by atoms with Crippen molar-refractivity contribution in [3.63, 3.8) is 0 Å². The quantitative estimate of drug-likeness (QED) is 0.882. The minimum atomic E-state index is -0.524. The number of nitrogens with zero attached hydrogens (tertiary/aromatic N) is 1. The predicted octanol–water partition coefficient (Wildman–Crippen LogP) is 3.04. The fourth-order valence-corrected chi connectivity index (χ4v) is 2.57. The van der Waals surface area contributed by atoms with Gasteiger partial charge in [-0.25, -0.2) is 4.39 Å². The highest BCUT2D eigenvalue weighted by Gasteiger charge is 2.30. The van der Waals surface area contributed by atoms with Crippen LogP contribution in [-0.4, -0.2) is 17.7 Å². The molecule has 1 fully saturated rings. The molecular formula is C18H15FN2O3. The summed E-state index contributed by atoms with van der Waals surface area (Å²) in [4.78, 5) is 37.0. The largest absolute Gasteiger partial charge is 0.319 e. The van der Waals surface area contributed by atoms with E-state index in [-0.39, 0.29) is 35.9 Å². The second-order valence-electron chi connectivity index (χ2n) is 5.61. The summed E-state index contributed by atoms with van der Waals surface area (Å²) in [6, 6.07) is 10.7. The standard InChI is InChI=1S/C18H15FN2O3/c1-11-5-6-15(14(19)9-11)20-18(24)12-3-2-4-13(10-12)21-16(22)7-8-17(21)23/h2-6,9-10H,7-8H2,1H3,(H,20,24). The molecule has 0 aliphatic carbocycles. The average Bonchev–Trinajstić information content (AvgIpc) is 2.89. The molecule has 0 aromatic heterocycles. The molecule has 0 atom stereocenters. The Morgan fingerprint density at radius 2 is 1.79 bits per heavy atom. The van der Waals surface area contributed by atoms with Gasteiger partial charge in [-0.05, 0) is 42.8 Å². The van der Waals surface area contributed by atoms with Gasteiger partial charge in [0.05, 0.1) is 11.4 Å². The molecule has 0 spiro atoms. The molecule has 0 bridgehead atoms. The van der Waals surface area contributed by atoms with Crippen molar-refractivity contribution in [2.24, 2.45) is 0 Å². The van der Waals surface area contributed by atoms with Crippen LogP contribution in [0.15, 0.2) is 42.5 Å². The number of halogens is 1. The number of carbonyl (C=O) groups is 3. The Labute approximate surface area is 138 Å². The van der Waals surface area contributed by atoms with E-state index in [2.05, 4.69) is 5.32 Å². The number of aryl methyl sites for hydroxylation is 1. The third-order valence-corrected chi connectivity index (χ3v) is 3.79. The Hall–Kier alpha value is -3.02. The fraction of sp³-hybridized carbons (Fsp3) is 0.167. The summed E-state index contributed by atoms with van der Waals surface area (Å²) in [5.74, 6) is -1.62. The topological polar surface area (TPSA) is 66.5 Å². The summed E-state index contributed by atoms with van der Waals surface area (Å²) in [5, 5.41) is 2.49. The Morgan fingerprint density at radius 1 is 1.08 bits per heavy atom. The van der Waals surface area contributed by atoms with Gasteiger partial charge in [0.15, 0.2) is 0 Å². The van der Waals surface area contributed by atoms with Crippen molar-refractivity contribution in [1.29, 1.82) is 0 Å². The third kappa shape index (κ3) is 3.03. The van der Waals surface area contributed by atoms with Crippen molar-refractivity contribution in [2.75, 3.05) is 10.2 Å². The molecule has 1 saturated heterocycles. The van der Waals surface area contributed by atoms with Crippen molar-refractivity contribution in [3.8, 4) is 0 Å². The average molecular weight is 326 g/mol. The monoisotopic (exact) mass is 326 g/mol. The minimum Gasteiger partial charge on any atom is -0.319 e. The number of rotatable bonds is 3. The molecule has 1 heterocycles. The molecule has 1 N–H and O–H groups in total. The van der Waals surface area contributed by atoms with Gasteiger partial charge in [0.1, 0.15) is 5.82 Å². The number of benzene rings is 2. The highest BCUT2D eigenvalue weighted by atomic mass is 19.1. The maximum Gasteiger partial charge on any atom is 0.255 e. The zero-order valence-corrected chi connectivity index (χ0v) is 13.0. The first-order chi connectivity index (χ1) is 11.5. The molecule has 2 aromatic carbocycles. The first-order valence-electron chi connectivity index (χ1n) is 7.49. The van der Waals surface area contributed by atoms with Gasteiger partial charge in [0.2, 0.25) is 11.8 Å². The molecule has 0 saturated carbocycles. The number of amides is 3. The highest BCUT2D eigenvalue weighted by Crippen LogP contribution is 2.24. The van der Waals surface area contributed by atoms with Gasteiger partial charge < -0.3 is 5.32 Å². The molecule has 1 aliphatic heterocycles. The molecule has 6 heteroatoms. The Kier molecular flexibility index (Phi) is 4.12. The third-order valence-electron chi connectivity index (χ3n) is 3.79. The Bertz CT molecular complexity index is 832. The van der Waals surface area contributed by atoms with Gasteiger partial charge in [-0.2, -0.15) is 0 Å². The summed E-state index contributed by atoms with van der Waals surface area (Å²) in [5.41, 5.74) is 1.40. The van der Waals surface area contributed by atoms with Gasteiger partial charge in [-0.1, -0.05) is 12.1 Å². The van der Waals surface area contributed by atoms with Crippen LogP contribution in [0.1, 0.15) is 28.8 Å². The van der Waals surface area contributed by atoms with E-state index in [0.29, 0.717) is 5.69 Å². The van der Waals surface area contributed by atoms with Crippen molar-refractivity contribution in [1.82, 2.24) is 0 Å². The maximum atomic E-state index is 13.8. The summed E-state index contributed by atoms with van der Waals surface area (Å²) in [6.07, 6.45) is 0.341. The van der Waals surface area contributed by atoms with Crippen LogP contribution in [0.25, 0.3) is 0 Å². The first kappa shape index (κ1) is 15.9. The van der Waals surface area contributed by atoms with E-state index in [4.69, 9.17) is 0 Å². The lowest BCUT2D eigenvalue weighted by molar-refractivity contribution is -0.121. The number of nitrogens with one attached hydrogen (secondary N) is 1. The molecule has 3 amide bonds. The van der Waals surface area contributed by atoms with Crippen molar-refractivity contribution in [3.05, 3.63) is 59.4 Å². The molecule has 1 aliphatic rings. The van der Waals surface area contributed by atoms with Crippen molar-refractivity contribution < 1.29 is 18.8 Å². The molecule has 3 rings (SSSR count).